The largest absolute Gasteiger partial charge is 0.378 e. The number of rotatable bonds is 9. The maximum atomic E-state index is 12.9. The summed E-state index contributed by atoms with van der Waals surface area (Å²) in [6.07, 6.45) is 3.55. The lowest BCUT2D eigenvalue weighted by Gasteiger charge is -2.34. The van der Waals surface area contributed by atoms with Gasteiger partial charge in [-0.15, -0.1) is 0 Å². The standard InChI is InChI=1S/C25H39N5O4/c1-4-20(2)30(19-31)23-8-6-5-7-22(23)27(3)25(33)26-17-21-9-11-28(12-10-21)18-24(32)29-13-15-34-16-14-29/h5-8,19-21H,4,9-18H2,1-3H3,(H,26,33). The summed E-state index contributed by atoms with van der Waals surface area (Å²) in [6.45, 7) is 9.41. The number of para-hydroxylation sites is 2. The van der Waals surface area contributed by atoms with Crippen molar-refractivity contribution in [2.24, 2.45) is 5.92 Å². The van der Waals surface area contributed by atoms with Gasteiger partial charge in [-0.3, -0.25) is 19.4 Å². The minimum atomic E-state index is -0.188. The van der Waals surface area contributed by atoms with Gasteiger partial charge in [0, 0.05) is 32.7 Å². The average molecular weight is 474 g/mol. The molecule has 4 amide bonds. The molecule has 1 unspecified atom stereocenters. The van der Waals surface area contributed by atoms with Gasteiger partial charge in [0.15, 0.2) is 0 Å². The number of hydrogen-bond acceptors (Lipinski definition) is 5. The van der Waals surface area contributed by atoms with Crippen molar-refractivity contribution in [2.45, 2.75) is 39.2 Å². The van der Waals surface area contributed by atoms with Crippen molar-refractivity contribution in [1.82, 2.24) is 15.1 Å². The third-order valence-electron chi connectivity index (χ3n) is 6.98. The molecule has 3 rings (SSSR count). The molecule has 1 aromatic rings. The number of amides is 4. The molecule has 0 radical (unpaired) electrons. The minimum absolute atomic E-state index is 0.0374. The summed E-state index contributed by atoms with van der Waals surface area (Å²) in [5.74, 6) is 0.561. The number of hydrogen-bond donors (Lipinski definition) is 1. The molecule has 9 nitrogen and oxygen atoms in total. The number of anilines is 2. The predicted octanol–water partition coefficient (Wildman–Crippen LogP) is 2.16. The highest BCUT2D eigenvalue weighted by atomic mass is 16.5. The number of ether oxygens (including phenoxy) is 1. The lowest BCUT2D eigenvalue weighted by atomic mass is 9.97. The van der Waals surface area contributed by atoms with Gasteiger partial charge < -0.3 is 19.9 Å². The van der Waals surface area contributed by atoms with Crippen molar-refractivity contribution >= 4 is 29.7 Å². The molecule has 2 aliphatic heterocycles. The topological polar surface area (TPSA) is 85.4 Å². The van der Waals surface area contributed by atoms with E-state index >= 15 is 0 Å². The van der Waals surface area contributed by atoms with E-state index in [1.54, 1.807) is 16.8 Å². The van der Waals surface area contributed by atoms with E-state index in [0.29, 0.717) is 51.0 Å². The fraction of sp³-hybridized carbons (Fsp3) is 0.640. The normalized spacial score (nSPS) is 18.3. The second-order valence-corrected chi connectivity index (χ2v) is 9.22. The number of morpholine rings is 1. The second kappa shape index (κ2) is 12.7. The van der Waals surface area contributed by atoms with Crippen LogP contribution in [0.2, 0.25) is 0 Å². The van der Waals surface area contributed by atoms with Gasteiger partial charge in [-0.2, -0.15) is 0 Å². The molecule has 188 valence electrons. The van der Waals surface area contributed by atoms with Gasteiger partial charge in [0.05, 0.1) is 31.1 Å². The predicted molar refractivity (Wildman–Crippen MR) is 133 cm³/mol. The van der Waals surface area contributed by atoms with E-state index in [4.69, 9.17) is 4.74 Å². The van der Waals surface area contributed by atoms with Crippen LogP contribution in [0.4, 0.5) is 16.2 Å². The van der Waals surface area contributed by atoms with Crippen LogP contribution < -0.4 is 15.1 Å². The number of carbonyl (C=O) groups excluding carboxylic acids is 3. The van der Waals surface area contributed by atoms with Crippen LogP contribution in [0.15, 0.2) is 24.3 Å². The molecule has 0 saturated carbocycles. The third-order valence-corrected chi connectivity index (χ3v) is 6.98. The van der Waals surface area contributed by atoms with Gasteiger partial charge in [-0.25, -0.2) is 4.79 Å². The van der Waals surface area contributed by atoms with Crippen LogP contribution in [0.5, 0.6) is 0 Å². The lowest BCUT2D eigenvalue weighted by Crippen LogP contribution is -2.48. The van der Waals surface area contributed by atoms with E-state index in [0.717, 1.165) is 44.4 Å². The molecule has 1 N–H and O–H groups in total. The number of nitrogens with one attached hydrogen (secondary N) is 1. The molecule has 1 atom stereocenters. The van der Waals surface area contributed by atoms with E-state index in [1.165, 1.54) is 0 Å². The Balaban J connectivity index is 1.47. The molecular weight excluding hydrogens is 434 g/mol. The summed E-state index contributed by atoms with van der Waals surface area (Å²) in [6, 6.07) is 7.32. The van der Waals surface area contributed by atoms with Crippen molar-refractivity contribution in [2.75, 3.05) is 69.3 Å². The van der Waals surface area contributed by atoms with Gasteiger partial charge in [-0.05, 0) is 57.3 Å². The van der Waals surface area contributed by atoms with Crippen LogP contribution in [0.3, 0.4) is 0 Å². The first-order chi connectivity index (χ1) is 16.4. The van der Waals surface area contributed by atoms with Gasteiger partial charge in [-0.1, -0.05) is 19.1 Å². The maximum absolute atomic E-state index is 12.9. The summed E-state index contributed by atoms with van der Waals surface area (Å²) >= 11 is 0. The Morgan fingerprint density at radius 3 is 2.41 bits per heavy atom. The Morgan fingerprint density at radius 1 is 1.15 bits per heavy atom. The molecule has 2 heterocycles. The Labute approximate surface area is 203 Å². The summed E-state index contributed by atoms with van der Waals surface area (Å²) in [4.78, 5) is 44.5. The van der Waals surface area contributed by atoms with Crippen LogP contribution in [0.1, 0.15) is 33.1 Å². The van der Waals surface area contributed by atoms with Crippen LogP contribution in [0, 0.1) is 5.92 Å². The summed E-state index contributed by atoms with van der Waals surface area (Å²) in [7, 11) is 1.73. The van der Waals surface area contributed by atoms with Crippen LogP contribution in [0.25, 0.3) is 0 Å². The Morgan fingerprint density at radius 2 is 1.79 bits per heavy atom. The first kappa shape index (κ1) is 26.0. The zero-order valence-electron chi connectivity index (χ0n) is 20.7. The SMILES string of the molecule is CCC(C)N(C=O)c1ccccc1N(C)C(=O)NCC1CCN(CC(=O)N2CCOCC2)CC1. The van der Waals surface area contributed by atoms with Crippen molar-refractivity contribution in [1.29, 1.82) is 0 Å². The summed E-state index contributed by atoms with van der Waals surface area (Å²) in [5, 5.41) is 3.06. The molecule has 2 fully saturated rings. The highest BCUT2D eigenvalue weighted by Gasteiger charge is 2.25. The van der Waals surface area contributed by atoms with E-state index in [1.807, 2.05) is 43.0 Å². The lowest BCUT2D eigenvalue weighted by molar-refractivity contribution is -0.136. The van der Waals surface area contributed by atoms with E-state index < -0.39 is 0 Å². The van der Waals surface area contributed by atoms with Gasteiger partial charge >= 0.3 is 6.03 Å². The van der Waals surface area contributed by atoms with E-state index in [9.17, 15) is 14.4 Å². The zero-order valence-corrected chi connectivity index (χ0v) is 20.7. The molecule has 0 aromatic heterocycles. The number of carbonyl (C=O) groups is 3. The smallest absolute Gasteiger partial charge is 0.321 e. The highest BCUT2D eigenvalue weighted by molar-refractivity contribution is 5.97. The van der Waals surface area contributed by atoms with Crippen LogP contribution in [-0.2, 0) is 14.3 Å². The molecule has 9 heteroatoms. The number of nitrogens with zero attached hydrogens (tertiary/aromatic N) is 4. The van der Waals surface area contributed by atoms with Crippen LogP contribution >= 0.6 is 0 Å². The Bertz CT molecular complexity index is 821. The minimum Gasteiger partial charge on any atom is -0.378 e. The quantitative estimate of drug-likeness (QED) is 0.556. The molecule has 0 bridgehead atoms. The number of urea groups is 1. The van der Waals surface area contributed by atoms with Crippen LogP contribution in [-0.4, -0.2) is 93.7 Å². The molecule has 34 heavy (non-hydrogen) atoms. The van der Waals surface area contributed by atoms with E-state index in [2.05, 4.69) is 10.2 Å². The van der Waals surface area contributed by atoms with Gasteiger partial charge in [0.2, 0.25) is 12.3 Å². The molecule has 1 aromatic carbocycles. The Hall–Kier alpha value is -2.65. The fourth-order valence-electron chi connectivity index (χ4n) is 4.47. The number of likely N-dealkylation sites (tertiary alicyclic amines) is 1. The van der Waals surface area contributed by atoms with Crippen molar-refractivity contribution in [3.63, 3.8) is 0 Å². The average Bonchev–Trinajstić information content (AvgIpc) is 2.88. The third kappa shape index (κ3) is 6.70. The van der Waals surface area contributed by atoms with Crippen molar-refractivity contribution in [3.8, 4) is 0 Å². The zero-order chi connectivity index (χ0) is 24.5. The molecule has 0 spiro atoms. The monoisotopic (exact) mass is 473 g/mol. The van der Waals surface area contributed by atoms with Crippen molar-refractivity contribution in [3.05, 3.63) is 24.3 Å². The molecular formula is C25H39N5O4. The van der Waals surface area contributed by atoms with Gasteiger partial charge in [0.1, 0.15) is 0 Å². The summed E-state index contributed by atoms with van der Waals surface area (Å²) in [5.41, 5.74) is 1.42. The molecule has 2 saturated heterocycles. The molecule has 2 aliphatic rings. The number of piperidine rings is 1. The second-order valence-electron chi connectivity index (χ2n) is 9.22. The van der Waals surface area contributed by atoms with E-state index in [-0.39, 0.29) is 18.0 Å². The molecule has 0 aliphatic carbocycles. The first-order valence-corrected chi connectivity index (χ1v) is 12.4. The maximum Gasteiger partial charge on any atom is 0.321 e. The fourth-order valence-corrected chi connectivity index (χ4v) is 4.47. The Kier molecular flexibility index (Phi) is 9.71. The van der Waals surface area contributed by atoms with Gasteiger partial charge in [0.25, 0.3) is 0 Å². The summed E-state index contributed by atoms with van der Waals surface area (Å²) < 4.78 is 5.32. The number of benzene rings is 1. The first-order valence-electron chi connectivity index (χ1n) is 12.4. The van der Waals surface area contributed by atoms with Crippen molar-refractivity contribution < 1.29 is 19.1 Å². The highest BCUT2D eigenvalue weighted by Crippen LogP contribution is 2.30.